The fraction of sp³-hybridized carbons (Fsp3) is 0.923. The van der Waals surface area contributed by atoms with Crippen molar-refractivity contribution in [2.45, 2.75) is 36.9 Å². The van der Waals surface area contributed by atoms with Crippen LogP contribution in [0, 0.1) is 23.2 Å². The highest BCUT2D eigenvalue weighted by atomic mass is 16.5. The van der Waals surface area contributed by atoms with Crippen molar-refractivity contribution in [3.8, 4) is 6.07 Å². The van der Waals surface area contributed by atoms with Crippen molar-refractivity contribution in [3.63, 3.8) is 0 Å². The molecule has 3 saturated heterocycles. The number of nitriles is 1. The maximum atomic E-state index is 9.71. The summed E-state index contributed by atoms with van der Waals surface area (Å²) in [5.74, 6) is 1.19. The van der Waals surface area contributed by atoms with Crippen LogP contribution in [0.1, 0.15) is 19.3 Å². The molecule has 92 valence electrons. The molecule has 5 atom stereocenters. The van der Waals surface area contributed by atoms with Crippen LogP contribution in [0.25, 0.3) is 0 Å². The predicted molar refractivity (Wildman–Crippen MR) is 62.3 cm³/mol. The Hall–Kier alpha value is -0.630. The second-order valence-electron chi connectivity index (χ2n) is 5.90. The fourth-order valence-corrected chi connectivity index (χ4v) is 4.68. The van der Waals surface area contributed by atoms with Crippen molar-refractivity contribution in [3.05, 3.63) is 0 Å². The summed E-state index contributed by atoms with van der Waals surface area (Å²) in [6.45, 7) is 3.48. The van der Waals surface area contributed by atoms with Crippen molar-refractivity contribution >= 4 is 0 Å². The molecule has 4 aliphatic rings. The molecule has 4 rings (SSSR count). The molecule has 2 bridgehead atoms. The number of hydrogen-bond acceptors (Lipinski definition) is 4. The molecular formula is C13H19N3O. The van der Waals surface area contributed by atoms with Gasteiger partial charge in [0.2, 0.25) is 0 Å². The van der Waals surface area contributed by atoms with E-state index in [1.807, 2.05) is 0 Å². The van der Waals surface area contributed by atoms with Gasteiger partial charge in [0.05, 0.1) is 19.3 Å². The van der Waals surface area contributed by atoms with Crippen LogP contribution in [0.4, 0.5) is 0 Å². The average Bonchev–Trinajstić information content (AvgIpc) is 3.03. The molecule has 1 aliphatic carbocycles. The molecule has 0 radical (unpaired) electrons. The Balaban J connectivity index is 1.63. The summed E-state index contributed by atoms with van der Waals surface area (Å²) in [6.07, 6.45) is 3.89. The second-order valence-corrected chi connectivity index (χ2v) is 5.90. The van der Waals surface area contributed by atoms with E-state index in [0.717, 1.165) is 26.3 Å². The monoisotopic (exact) mass is 233 g/mol. The maximum Gasteiger partial charge on any atom is 0.118 e. The number of rotatable bonds is 1. The third kappa shape index (κ3) is 1.17. The van der Waals surface area contributed by atoms with Crippen molar-refractivity contribution < 1.29 is 4.74 Å². The lowest BCUT2D eigenvalue weighted by Crippen LogP contribution is -2.53. The molecule has 3 heterocycles. The summed E-state index contributed by atoms with van der Waals surface area (Å²) in [6, 6.07) is 3.91. The minimum absolute atomic E-state index is 0.134. The first-order valence-electron chi connectivity index (χ1n) is 6.88. The van der Waals surface area contributed by atoms with E-state index in [2.05, 4.69) is 16.3 Å². The maximum absolute atomic E-state index is 9.71. The van der Waals surface area contributed by atoms with Gasteiger partial charge in [-0.3, -0.25) is 4.90 Å². The Morgan fingerprint density at radius 3 is 2.41 bits per heavy atom. The average molecular weight is 233 g/mol. The number of fused-ring (bicyclic) bond motifs is 5. The zero-order chi connectivity index (χ0) is 11.5. The van der Waals surface area contributed by atoms with Crippen LogP contribution in [0.3, 0.4) is 0 Å². The van der Waals surface area contributed by atoms with E-state index in [0.29, 0.717) is 23.9 Å². The van der Waals surface area contributed by atoms with E-state index < -0.39 is 0 Å². The van der Waals surface area contributed by atoms with E-state index in [-0.39, 0.29) is 5.54 Å². The highest BCUT2D eigenvalue weighted by Crippen LogP contribution is 2.64. The third-order valence-electron chi connectivity index (χ3n) is 5.33. The van der Waals surface area contributed by atoms with Crippen molar-refractivity contribution in [2.24, 2.45) is 11.8 Å². The molecule has 4 nitrogen and oxygen atoms in total. The molecule has 4 fully saturated rings. The molecule has 0 amide bonds. The summed E-state index contributed by atoms with van der Waals surface area (Å²) in [4.78, 5) is 2.41. The van der Waals surface area contributed by atoms with Crippen LogP contribution in [-0.2, 0) is 4.74 Å². The molecule has 3 aliphatic heterocycles. The number of piperidine rings is 2. The van der Waals surface area contributed by atoms with Crippen molar-refractivity contribution in [2.75, 3.05) is 26.3 Å². The van der Waals surface area contributed by atoms with Gasteiger partial charge in [-0.05, 0) is 12.8 Å². The number of hydrogen-bond donors (Lipinski definition) is 1. The van der Waals surface area contributed by atoms with Crippen LogP contribution in [0.15, 0.2) is 0 Å². The Bertz CT molecular complexity index is 355. The van der Waals surface area contributed by atoms with Crippen LogP contribution in [-0.4, -0.2) is 48.8 Å². The summed E-state index contributed by atoms with van der Waals surface area (Å²) in [7, 11) is 0. The Kier molecular flexibility index (Phi) is 2.09. The van der Waals surface area contributed by atoms with Gasteiger partial charge in [-0.2, -0.15) is 5.26 Å². The van der Waals surface area contributed by atoms with Crippen LogP contribution < -0.4 is 5.32 Å². The molecule has 0 spiro atoms. The van der Waals surface area contributed by atoms with Gasteiger partial charge in [0, 0.05) is 37.0 Å². The van der Waals surface area contributed by atoms with Crippen LogP contribution in [0.5, 0.6) is 0 Å². The van der Waals surface area contributed by atoms with Gasteiger partial charge in [0.1, 0.15) is 5.54 Å². The second kappa shape index (κ2) is 3.44. The van der Waals surface area contributed by atoms with E-state index in [1.54, 1.807) is 0 Å². The van der Waals surface area contributed by atoms with Gasteiger partial charge in [-0.25, -0.2) is 0 Å². The highest BCUT2D eigenvalue weighted by molar-refractivity contribution is 5.38. The number of morpholine rings is 1. The molecule has 0 aromatic heterocycles. The van der Waals surface area contributed by atoms with Crippen LogP contribution in [0.2, 0.25) is 0 Å². The quantitative estimate of drug-likeness (QED) is 0.710. The van der Waals surface area contributed by atoms with Crippen molar-refractivity contribution in [1.82, 2.24) is 10.2 Å². The molecule has 0 aromatic carbocycles. The molecule has 1 unspecified atom stereocenters. The van der Waals surface area contributed by atoms with E-state index in [1.165, 1.54) is 19.3 Å². The van der Waals surface area contributed by atoms with Gasteiger partial charge in [-0.15, -0.1) is 0 Å². The molecular weight excluding hydrogens is 214 g/mol. The summed E-state index contributed by atoms with van der Waals surface area (Å²) < 4.78 is 5.42. The number of nitrogens with zero attached hydrogens (tertiary/aromatic N) is 2. The molecule has 0 aromatic rings. The Morgan fingerprint density at radius 1 is 1.18 bits per heavy atom. The SMILES string of the molecule is N#CC1(N2CCOCC2)[C@@H]2[C@H]1[C@H]1CCC[C@@H]2N1. The minimum Gasteiger partial charge on any atom is -0.379 e. The molecule has 1 N–H and O–H groups in total. The van der Waals surface area contributed by atoms with E-state index in [9.17, 15) is 5.26 Å². The molecule has 17 heavy (non-hydrogen) atoms. The van der Waals surface area contributed by atoms with E-state index >= 15 is 0 Å². The van der Waals surface area contributed by atoms with Gasteiger partial charge in [-0.1, -0.05) is 6.42 Å². The molecule has 1 saturated carbocycles. The number of nitrogens with one attached hydrogen (secondary N) is 1. The largest absolute Gasteiger partial charge is 0.379 e. The third-order valence-corrected chi connectivity index (χ3v) is 5.33. The Morgan fingerprint density at radius 2 is 1.82 bits per heavy atom. The highest BCUT2D eigenvalue weighted by Gasteiger charge is 2.76. The summed E-state index contributed by atoms with van der Waals surface area (Å²) in [5.41, 5.74) is -0.134. The Labute approximate surface area is 102 Å². The normalized spacial score (nSPS) is 52.9. The lowest BCUT2D eigenvalue weighted by Gasteiger charge is -2.38. The van der Waals surface area contributed by atoms with E-state index in [4.69, 9.17) is 4.74 Å². The first kappa shape index (κ1) is 10.3. The van der Waals surface area contributed by atoms with Gasteiger partial charge < -0.3 is 10.1 Å². The van der Waals surface area contributed by atoms with Crippen molar-refractivity contribution in [1.29, 1.82) is 5.26 Å². The lowest BCUT2D eigenvalue weighted by atomic mass is 9.93. The fourth-order valence-electron chi connectivity index (χ4n) is 4.68. The first-order valence-corrected chi connectivity index (χ1v) is 6.88. The predicted octanol–water partition coefficient (Wildman–Crippen LogP) is 0.351. The standard InChI is InChI=1S/C13H19N3O/c14-8-13(16-4-6-17-7-5-16)11-9-2-1-3-10(15-9)12(11)13/h9-12,15H,1-7H2/t9-,10+,11-,12+,13?. The molecule has 4 heteroatoms. The smallest absolute Gasteiger partial charge is 0.118 e. The summed E-state index contributed by atoms with van der Waals surface area (Å²) >= 11 is 0. The minimum atomic E-state index is -0.134. The van der Waals surface area contributed by atoms with Crippen LogP contribution >= 0.6 is 0 Å². The summed E-state index contributed by atoms with van der Waals surface area (Å²) in [5, 5.41) is 13.4. The topological polar surface area (TPSA) is 48.3 Å². The van der Waals surface area contributed by atoms with Gasteiger partial charge >= 0.3 is 0 Å². The number of ether oxygens (including phenoxy) is 1. The van der Waals surface area contributed by atoms with Gasteiger partial charge in [0.25, 0.3) is 0 Å². The zero-order valence-corrected chi connectivity index (χ0v) is 10.1. The zero-order valence-electron chi connectivity index (χ0n) is 10.1. The first-order chi connectivity index (χ1) is 8.38. The van der Waals surface area contributed by atoms with Gasteiger partial charge in [0.15, 0.2) is 0 Å². The lowest BCUT2D eigenvalue weighted by molar-refractivity contribution is 0.00920.